The Morgan fingerprint density at radius 3 is 2.26 bits per heavy atom. The number of hydrogen-bond acceptors (Lipinski definition) is 4. The lowest BCUT2D eigenvalue weighted by molar-refractivity contribution is -0.120. The number of anilines is 1. The minimum atomic E-state index is -0.336. The second-order valence-electron chi connectivity index (χ2n) is 7.56. The van der Waals surface area contributed by atoms with Gasteiger partial charge in [0, 0.05) is 12.2 Å². The zero-order chi connectivity index (χ0) is 22.2. The fourth-order valence-electron chi connectivity index (χ4n) is 2.75. The van der Waals surface area contributed by atoms with Crippen LogP contribution >= 0.6 is 15.9 Å². The van der Waals surface area contributed by atoms with Crippen molar-refractivity contribution in [3.8, 4) is 5.75 Å². The van der Waals surface area contributed by atoms with Crippen LogP contribution in [-0.2, 0) is 17.8 Å². The van der Waals surface area contributed by atoms with Crippen LogP contribution in [0.15, 0.2) is 69.8 Å². The highest BCUT2D eigenvalue weighted by atomic mass is 79.9. The van der Waals surface area contributed by atoms with Crippen LogP contribution in [0.2, 0.25) is 0 Å². The number of carbonyl (C=O) groups is 2. The predicted molar refractivity (Wildman–Crippen MR) is 123 cm³/mol. The molecule has 0 fully saturated rings. The maximum atomic E-state index is 12.3. The van der Waals surface area contributed by atoms with Gasteiger partial charge in [0.1, 0.15) is 5.75 Å². The molecule has 0 atom stereocenters. The van der Waals surface area contributed by atoms with Crippen molar-refractivity contribution in [1.29, 1.82) is 0 Å². The molecule has 0 aliphatic heterocycles. The van der Waals surface area contributed by atoms with Gasteiger partial charge in [0.25, 0.3) is 5.91 Å². The predicted octanol–water partition coefficient (Wildman–Crippen LogP) is 5.19. The zero-order valence-electron chi connectivity index (χ0n) is 17.5. The number of amides is 2. The first-order chi connectivity index (χ1) is 14.9. The van der Waals surface area contributed by atoms with Crippen molar-refractivity contribution >= 4 is 33.4 Å². The number of benzene rings is 2. The van der Waals surface area contributed by atoms with E-state index in [1.54, 1.807) is 24.3 Å². The van der Waals surface area contributed by atoms with Gasteiger partial charge in [0.05, 0.1) is 13.0 Å². The Labute approximate surface area is 190 Å². The van der Waals surface area contributed by atoms with Crippen molar-refractivity contribution in [3.63, 3.8) is 0 Å². The van der Waals surface area contributed by atoms with E-state index >= 15 is 0 Å². The summed E-state index contributed by atoms with van der Waals surface area (Å²) in [6.07, 6.45) is 0.259. The second kappa shape index (κ2) is 10.8. The highest BCUT2D eigenvalue weighted by Crippen LogP contribution is 2.17. The molecule has 0 radical (unpaired) electrons. The first kappa shape index (κ1) is 22.6. The molecule has 2 aromatic carbocycles. The van der Waals surface area contributed by atoms with Gasteiger partial charge in [-0.15, -0.1) is 0 Å². The van der Waals surface area contributed by atoms with Crippen LogP contribution in [-0.4, -0.2) is 18.4 Å². The van der Waals surface area contributed by atoms with Crippen molar-refractivity contribution in [2.75, 3.05) is 11.9 Å². The molecule has 0 aliphatic rings. The molecule has 3 rings (SSSR count). The monoisotopic (exact) mass is 484 g/mol. The number of ether oxygens (including phenoxy) is 1. The summed E-state index contributed by atoms with van der Waals surface area (Å²) in [6, 6.07) is 18.1. The van der Waals surface area contributed by atoms with Crippen LogP contribution in [0.25, 0.3) is 0 Å². The molecule has 0 aliphatic carbocycles. The first-order valence-electron chi connectivity index (χ1n) is 10.0. The van der Waals surface area contributed by atoms with E-state index in [-0.39, 0.29) is 24.0 Å². The van der Waals surface area contributed by atoms with Crippen LogP contribution < -0.4 is 15.4 Å². The Kier molecular flexibility index (Phi) is 7.89. The van der Waals surface area contributed by atoms with E-state index in [4.69, 9.17) is 9.15 Å². The van der Waals surface area contributed by atoms with Gasteiger partial charge in [-0.05, 0) is 69.4 Å². The van der Waals surface area contributed by atoms with Gasteiger partial charge in [-0.25, -0.2) is 0 Å². The van der Waals surface area contributed by atoms with Gasteiger partial charge in [-0.2, -0.15) is 0 Å². The highest BCUT2D eigenvalue weighted by Gasteiger charge is 2.11. The first-order valence-corrected chi connectivity index (χ1v) is 10.8. The Morgan fingerprint density at radius 2 is 1.65 bits per heavy atom. The molecule has 6 nitrogen and oxygen atoms in total. The van der Waals surface area contributed by atoms with Crippen LogP contribution in [0.3, 0.4) is 0 Å². The Balaban J connectivity index is 1.44. The third-order valence-corrected chi connectivity index (χ3v) is 4.80. The van der Waals surface area contributed by atoms with Crippen LogP contribution in [0, 0.1) is 5.92 Å². The fraction of sp³-hybridized carbons (Fsp3) is 0.250. The van der Waals surface area contributed by atoms with Gasteiger partial charge in [0.2, 0.25) is 5.91 Å². The number of carbonyl (C=O) groups excluding carboxylic acids is 2. The molecule has 2 N–H and O–H groups in total. The van der Waals surface area contributed by atoms with E-state index in [2.05, 4.69) is 40.4 Å². The molecule has 7 heteroatoms. The van der Waals surface area contributed by atoms with Crippen LogP contribution in [0.4, 0.5) is 5.69 Å². The quantitative estimate of drug-likeness (QED) is 0.437. The number of rotatable bonds is 9. The summed E-state index contributed by atoms with van der Waals surface area (Å²) in [5.41, 5.74) is 2.49. The normalized spacial score (nSPS) is 10.7. The maximum Gasteiger partial charge on any atom is 0.291 e. The van der Waals surface area contributed by atoms with Crippen molar-refractivity contribution in [2.24, 2.45) is 5.92 Å². The zero-order valence-corrected chi connectivity index (χ0v) is 19.1. The number of hydrogen-bond donors (Lipinski definition) is 2. The Hall–Kier alpha value is -3.06. The standard InChI is InChI=1S/C24H25BrN2O4/c1-16(2)15-30-20-9-5-18(6-10-20)14-26-23(28)13-17-3-7-19(8-4-17)27-24(29)21-11-12-22(25)31-21/h3-12,16H,13-15H2,1-2H3,(H,26,28)(H,27,29). The summed E-state index contributed by atoms with van der Waals surface area (Å²) in [7, 11) is 0. The number of furan rings is 1. The summed E-state index contributed by atoms with van der Waals surface area (Å²) >= 11 is 3.17. The van der Waals surface area contributed by atoms with Crippen molar-refractivity contribution < 1.29 is 18.7 Å². The van der Waals surface area contributed by atoms with E-state index in [9.17, 15) is 9.59 Å². The molecule has 0 unspecified atom stereocenters. The molecule has 0 bridgehead atoms. The number of nitrogens with one attached hydrogen (secondary N) is 2. The van der Waals surface area contributed by atoms with Gasteiger partial charge in [0.15, 0.2) is 10.4 Å². The highest BCUT2D eigenvalue weighted by molar-refractivity contribution is 9.10. The summed E-state index contributed by atoms with van der Waals surface area (Å²) in [4.78, 5) is 24.4. The second-order valence-corrected chi connectivity index (χ2v) is 8.34. The molecule has 0 saturated heterocycles. The molecule has 162 valence electrons. The molecule has 3 aromatic rings. The summed E-state index contributed by atoms with van der Waals surface area (Å²) < 4.78 is 11.4. The maximum absolute atomic E-state index is 12.3. The lowest BCUT2D eigenvalue weighted by atomic mass is 10.1. The molecule has 31 heavy (non-hydrogen) atoms. The number of halogens is 1. The van der Waals surface area contributed by atoms with E-state index < -0.39 is 0 Å². The molecular formula is C24H25BrN2O4. The Morgan fingerprint density at radius 1 is 0.968 bits per heavy atom. The SMILES string of the molecule is CC(C)COc1ccc(CNC(=O)Cc2ccc(NC(=O)c3ccc(Br)o3)cc2)cc1. The molecule has 0 saturated carbocycles. The summed E-state index contributed by atoms with van der Waals surface area (Å²) in [5.74, 6) is 1.11. The fourth-order valence-corrected chi connectivity index (χ4v) is 3.06. The largest absolute Gasteiger partial charge is 0.493 e. The molecule has 1 aromatic heterocycles. The lowest BCUT2D eigenvalue weighted by Gasteiger charge is -2.10. The van der Waals surface area contributed by atoms with Crippen molar-refractivity contribution in [2.45, 2.75) is 26.8 Å². The Bertz CT molecular complexity index is 1010. The molecular weight excluding hydrogens is 460 g/mol. The van der Waals surface area contributed by atoms with E-state index in [1.165, 1.54) is 0 Å². The minimum absolute atomic E-state index is 0.0719. The third-order valence-electron chi connectivity index (χ3n) is 4.37. The van der Waals surface area contributed by atoms with Crippen molar-refractivity contribution in [3.05, 3.63) is 82.2 Å². The third kappa shape index (κ3) is 7.29. The van der Waals surface area contributed by atoms with E-state index in [1.807, 2.05) is 36.4 Å². The van der Waals surface area contributed by atoms with E-state index in [0.29, 0.717) is 29.4 Å². The molecule has 0 spiro atoms. The topological polar surface area (TPSA) is 80.6 Å². The lowest BCUT2D eigenvalue weighted by Crippen LogP contribution is -2.24. The summed E-state index contributed by atoms with van der Waals surface area (Å²) in [6.45, 7) is 5.34. The van der Waals surface area contributed by atoms with Crippen LogP contribution in [0.5, 0.6) is 5.75 Å². The smallest absolute Gasteiger partial charge is 0.291 e. The average molecular weight is 485 g/mol. The molecule has 2 amide bonds. The van der Waals surface area contributed by atoms with Gasteiger partial charge >= 0.3 is 0 Å². The van der Waals surface area contributed by atoms with Gasteiger partial charge in [-0.3, -0.25) is 9.59 Å². The van der Waals surface area contributed by atoms with Crippen molar-refractivity contribution in [1.82, 2.24) is 5.32 Å². The minimum Gasteiger partial charge on any atom is -0.493 e. The van der Waals surface area contributed by atoms with E-state index in [0.717, 1.165) is 16.9 Å². The van der Waals surface area contributed by atoms with Gasteiger partial charge < -0.3 is 19.8 Å². The van der Waals surface area contributed by atoms with Crippen LogP contribution in [0.1, 0.15) is 35.5 Å². The van der Waals surface area contributed by atoms with Gasteiger partial charge in [-0.1, -0.05) is 38.1 Å². The summed E-state index contributed by atoms with van der Waals surface area (Å²) in [5, 5.41) is 5.68. The average Bonchev–Trinajstić information content (AvgIpc) is 3.19. The molecule has 1 heterocycles.